The van der Waals surface area contributed by atoms with Crippen LogP contribution in [0.5, 0.6) is 11.5 Å². The van der Waals surface area contributed by atoms with Crippen molar-refractivity contribution in [1.82, 2.24) is 5.01 Å². The van der Waals surface area contributed by atoms with Gasteiger partial charge < -0.3 is 19.0 Å². The van der Waals surface area contributed by atoms with Crippen molar-refractivity contribution in [3.8, 4) is 11.5 Å². The number of benzene rings is 2. The Labute approximate surface area is 184 Å². The van der Waals surface area contributed by atoms with Crippen molar-refractivity contribution in [3.63, 3.8) is 0 Å². The molecular formula is C24H22N2O6. The molecule has 0 aliphatic carbocycles. The summed E-state index contributed by atoms with van der Waals surface area (Å²) in [6.45, 7) is 1.46. The van der Waals surface area contributed by atoms with Gasteiger partial charge >= 0.3 is 5.97 Å². The van der Waals surface area contributed by atoms with Crippen LogP contribution in [-0.2, 0) is 9.53 Å². The van der Waals surface area contributed by atoms with Gasteiger partial charge in [0, 0.05) is 12.5 Å². The molecule has 2 heterocycles. The molecule has 0 saturated carbocycles. The first kappa shape index (κ1) is 21.2. The Bertz CT molecular complexity index is 1150. The third kappa shape index (κ3) is 4.34. The van der Waals surface area contributed by atoms with Crippen molar-refractivity contribution in [2.75, 3.05) is 13.7 Å². The number of rotatable bonds is 6. The molecule has 4 rings (SSSR count). The lowest BCUT2D eigenvalue weighted by Crippen LogP contribution is -2.31. The summed E-state index contributed by atoms with van der Waals surface area (Å²) in [7, 11) is 1.45. The Morgan fingerprint density at radius 1 is 1.19 bits per heavy atom. The largest absolute Gasteiger partial charge is 0.507 e. The zero-order valence-electron chi connectivity index (χ0n) is 17.6. The van der Waals surface area contributed by atoms with Crippen LogP contribution in [0.3, 0.4) is 0 Å². The normalized spacial score (nSPS) is 15.4. The third-order valence-corrected chi connectivity index (χ3v) is 5.17. The number of aryl methyl sites for hydroxylation is 1. The molecule has 1 unspecified atom stereocenters. The van der Waals surface area contributed by atoms with Gasteiger partial charge in [-0.15, -0.1) is 0 Å². The van der Waals surface area contributed by atoms with Gasteiger partial charge in [0.1, 0.15) is 28.9 Å². The number of hydrazone groups is 1. The van der Waals surface area contributed by atoms with Crippen LogP contribution >= 0.6 is 0 Å². The molecule has 164 valence electrons. The number of furan rings is 1. The lowest BCUT2D eigenvalue weighted by atomic mass is 10.0. The zero-order chi connectivity index (χ0) is 22.7. The number of aromatic hydroxyl groups is 1. The minimum atomic E-state index is -0.824. The number of methoxy groups -OCH3 is 1. The number of ether oxygens (including phenoxy) is 2. The zero-order valence-corrected chi connectivity index (χ0v) is 17.6. The van der Waals surface area contributed by atoms with E-state index in [1.54, 1.807) is 12.1 Å². The fourth-order valence-electron chi connectivity index (χ4n) is 3.45. The number of phenols is 1. The SMILES string of the molecule is COc1ccc(C(=O)OCC(=O)N2N=C(c3ccc(C)cc3)CC2c2ccco2)c(O)c1. The van der Waals surface area contributed by atoms with Gasteiger partial charge in [-0.1, -0.05) is 29.8 Å². The van der Waals surface area contributed by atoms with E-state index in [4.69, 9.17) is 13.9 Å². The average molecular weight is 434 g/mol. The molecule has 1 aromatic heterocycles. The van der Waals surface area contributed by atoms with Crippen LogP contribution < -0.4 is 4.74 Å². The Morgan fingerprint density at radius 2 is 1.97 bits per heavy atom. The standard InChI is InChI=1S/C24H22N2O6/c1-15-5-7-16(8-6-15)19-13-20(22-4-3-11-31-22)26(25-19)23(28)14-32-24(29)18-10-9-17(30-2)12-21(18)27/h3-12,20,27H,13-14H2,1-2H3. The molecule has 0 bridgehead atoms. The fourth-order valence-corrected chi connectivity index (χ4v) is 3.45. The van der Waals surface area contributed by atoms with Crippen molar-refractivity contribution in [2.45, 2.75) is 19.4 Å². The van der Waals surface area contributed by atoms with Crippen LogP contribution in [0.4, 0.5) is 0 Å². The summed E-state index contributed by atoms with van der Waals surface area (Å²) in [5.74, 6) is -0.643. The summed E-state index contributed by atoms with van der Waals surface area (Å²) >= 11 is 0. The van der Waals surface area contributed by atoms with Crippen LogP contribution in [-0.4, -0.2) is 41.4 Å². The van der Waals surface area contributed by atoms with Gasteiger partial charge in [-0.05, 0) is 36.8 Å². The summed E-state index contributed by atoms with van der Waals surface area (Å²) < 4.78 is 15.7. The van der Waals surface area contributed by atoms with Crippen LogP contribution in [0.25, 0.3) is 0 Å². The second-order valence-corrected chi connectivity index (χ2v) is 7.35. The second-order valence-electron chi connectivity index (χ2n) is 7.35. The van der Waals surface area contributed by atoms with Gasteiger partial charge in [-0.2, -0.15) is 5.10 Å². The minimum Gasteiger partial charge on any atom is -0.507 e. The smallest absolute Gasteiger partial charge is 0.342 e. The van der Waals surface area contributed by atoms with E-state index in [-0.39, 0.29) is 11.3 Å². The van der Waals surface area contributed by atoms with Gasteiger partial charge in [0.2, 0.25) is 0 Å². The molecule has 1 aliphatic rings. The number of carbonyl (C=O) groups is 2. The van der Waals surface area contributed by atoms with Gasteiger partial charge in [0.15, 0.2) is 6.61 Å². The molecule has 32 heavy (non-hydrogen) atoms. The highest BCUT2D eigenvalue weighted by molar-refractivity contribution is 6.03. The monoisotopic (exact) mass is 434 g/mol. The fraction of sp³-hybridized carbons (Fsp3) is 0.208. The second kappa shape index (κ2) is 8.97. The maximum absolute atomic E-state index is 12.9. The lowest BCUT2D eigenvalue weighted by molar-refractivity contribution is -0.136. The molecule has 3 aromatic rings. The molecule has 1 amide bonds. The maximum atomic E-state index is 12.9. The first-order chi connectivity index (χ1) is 15.5. The molecule has 1 atom stereocenters. The van der Waals surface area contributed by atoms with E-state index in [0.29, 0.717) is 17.9 Å². The number of hydrogen-bond donors (Lipinski definition) is 1. The molecule has 0 spiro atoms. The average Bonchev–Trinajstić information content (AvgIpc) is 3.47. The van der Waals surface area contributed by atoms with Crippen molar-refractivity contribution in [2.24, 2.45) is 5.10 Å². The van der Waals surface area contributed by atoms with Gasteiger partial charge in [-0.25, -0.2) is 9.80 Å². The van der Waals surface area contributed by atoms with Gasteiger partial charge in [0.25, 0.3) is 5.91 Å². The number of esters is 1. The van der Waals surface area contributed by atoms with Crippen LogP contribution in [0, 0.1) is 6.92 Å². The van der Waals surface area contributed by atoms with E-state index < -0.39 is 24.5 Å². The number of phenolic OH excluding ortho intramolecular Hbond substituents is 1. The Balaban J connectivity index is 1.50. The number of carbonyl (C=O) groups excluding carboxylic acids is 2. The predicted molar refractivity (Wildman–Crippen MR) is 116 cm³/mol. The highest BCUT2D eigenvalue weighted by atomic mass is 16.5. The summed E-state index contributed by atoms with van der Waals surface area (Å²) in [6.07, 6.45) is 2.00. The summed E-state index contributed by atoms with van der Waals surface area (Å²) in [4.78, 5) is 25.3. The topological polar surface area (TPSA) is 102 Å². The summed E-state index contributed by atoms with van der Waals surface area (Å²) in [5.41, 5.74) is 2.70. The highest BCUT2D eigenvalue weighted by Crippen LogP contribution is 2.33. The number of hydrogen-bond acceptors (Lipinski definition) is 7. The summed E-state index contributed by atoms with van der Waals surface area (Å²) in [6, 6.07) is 15.1. The third-order valence-electron chi connectivity index (χ3n) is 5.17. The molecule has 2 aromatic carbocycles. The van der Waals surface area contributed by atoms with E-state index in [1.165, 1.54) is 36.6 Å². The van der Waals surface area contributed by atoms with Crippen molar-refractivity contribution in [3.05, 3.63) is 83.3 Å². The first-order valence-corrected chi connectivity index (χ1v) is 10.0. The molecule has 0 radical (unpaired) electrons. The van der Waals surface area contributed by atoms with Crippen molar-refractivity contribution in [1.29, 1.82) is 0 Å². The first-order valence-electron chi connectivity index (χ1n) is 10.0. The van der Waals surface area contributed by atoms with Crippen LogP contribution in [0.2, 0.25) is 0 Å². The van der Waals surface area contributed by atoms with E-state index in [9.17, 15) is 14.7 Å². The highest BCUT2D eigenvalue weighted by Gasteiger charge is 2.35. The molecule has 8 nitrogen and oxygen atoms in total. The van der Waals surface area contributed by atoms with E-state index in [0.717, 1.165) is 16.8 Å². The molecule has 0 saturated heterocycles. The minimum absolute atomic E-state index is 0.0635. The van der Waals surface area contributed by atoms with Crippen LogP contribution in [0.1, 0.15) is 39.7 Å². The molecule has 1 aliphatic heterocycles. The Morgan fingerprint density at radius 3 is 2.62 bits per heavy atom. The quantitative estimate of drug-likeness (QED) is 0.592. The predicted octanol–water partition coefficient (Wildman–Crippen LogP) is 3.84. The van der Waals surface area contributed by atoms with Crippen molar-refractivity contribution < 1.29 is 28.6 Å². The van der Waals surface area contributed by atoms with E-state index >= 15 is 0 Å². The summed E-state index contributed by atoms with van der Waals surface area (Å²) in [5, 5.41) is 15.8. The molecule has 1 N–H and O–H groups in total. The molecule has 8 heteroatoms. The van der Waals surface area contributed by atoms with Crippen molar-refractivity contribution >= 4 is 17.6 Å². The molecular weight excluding hydrogens is 412 g/mol. The Hall–Kier alpha value is -4.07. The number of nitrogens with zero attached hydrogens (tertiary/aromatic N) is 2. The van der Waals surface area contributed by atoms with Crippen LogP contribution in [0.15, 0.2) is 70.4 Å². The maximum Gasteiger partial charge on any atom is 0.342 e. The molecule has 0 fully saturated rings. The Kier molecular flexibility index (Phi) is 5.93. The van der Waals surface area contributed by atoms with Gasteiger partial charge in [-0.3, -0.25) is 4.79 Å². The van der Waals surface area contributed by atoms with Gasteiger partial charge in [0.05, 0.1) is 19.1 Å². The van der Waals surface area contributed by atoms with E-state index in [1.807, 2.05) is 31.2 Å². The van der Waals surface area contributed by atoms with E-state index in [2.05, 4.69) is 5.10 Å². The number of amides is 1. The lowest BCUT2D eigenvalue weighted by Gasteiger charge is -2.19.